The van der Waals surface area contributed by atoms with Crippen molar-refractivity contribution < 1.29 is 19.1 Å². The van der Waals surface area contributed by atoms with Crippen molar-refractivity contribution in [3.05, 3.63) is 59.5 Å². The number of hydrogen-bond donors (Lipinski definition) is 1. The van der Waals surface area contributed by atoms with E-state index in [4.69, 9.17) is 9.47 Å². The number of amides is 1. The monoisotopic (exact) mass is 484 g/mol. The third kappa shape index (κ3) is 7.56. The molecule has 182 valence electrons. The summed E-state index contributed by atoms with van der Waals surface area (Å²) in [4.78, 5) is 25.0. The van der Waals surface area contributed by atoms with Gasteiger partial charge in [0, 0.05) is 50.8 Å². The predicted molar refractivity (Wildman–Crippen MR) is 132 cm³/mol. The fourth-order valence-electron chi connectivity index (χ4n) is 3.59. The SMILES string of the molecule is COCCCn1c(CCC(=O)NCc2ccccc2OC)nnc1SCC(=O)C1=CCCC=C1. The molecular formula is C25H32N4O4S. The molecule has 1 heterocycles. The van der Waals surface area contributed by atoms with E-state index in [0.717, 1.165) is 42.0 Å². The number of allylic oxidation sites excluding steroid dienone is 4. The molecule has 0 saturated carbocycles. The number of hydrogen-bond acceptors (Lipinski definition) is 7. The Labute approximate surface area is 204 Å². The van der Waals surface area contributed by atoms with E-state index >= 15 is 0 Å². The second kappa shape index (κ2) is 13.7. The second-order valence-corrected chi connectivity index (χ2v) is 8.78. The number of methoxy groups -OCH3 is 2. The topological polar surface area (TPSA) is 95.3 Å². The molecule has 9 heteroatoms. The Balaban J connectivity index is 1.57. The summed E-state index contributed by atoms with van der Waals surface area (Å²) in [5.41, 5.74) is 1.68. The van der Waals surface area contributed by atoms with Crippen LogP contribution >= 0.6 is 11.8 Å². The Hall–Kier alpha value is -2.91. The van der Waals surface area contributed by atoms with Crippen LogP contribution in [0, 0.1) is 0 Å². The smallest absolute Gasteiger partial charge is 0.220 e. The van der Waals surface area contributed by atoms with E-state index in [1.807, 2.05) is 47.1 Å². The zero-order chi connectivity index (χ0) is 24.2. The first kappa shape index (κ1) is 25.7. The summed E-state index contributed by atoms with van der Waals surface area (Å²) in [6.45, 7) is 1.67. The van der Waals surface area contributed by atoms with E-state index in [1.165, 1.54) is 11.8 Å². The van der Waals surface area contributed by atoms with Crippen LogP contribution < -0.4 is 10.1 Å². The molecule has 1 amide bonds. The molecule has 0 unspecified atom stereocenters. The minimum Gasteiger partial charge on any atom is -0.496 e. The lowest BCUT2D eigenvalue weighted by Gasteiger charge is -2.11. The van der Waals surface area contributed by atoms with Crippen molar-refractivity contribution >= 4 is 23.5 Å². The van der Waals surface area contributed by atoms with Gasteiger partial charge in [-0.1, -0.05) is 48.2 Å². The summed E-state index contributed by atoms with van der Waals surface area (Å²) in [7, 11) is 3.28. The minimum absolute atomic E-state index is 0.0715. The molecule has 0 bridgehead atoms. The molecule has 0 spiro atoms. The summed E-state index contributed by atoms with van der Waals surface area (Å²) < 4.78 is 12.5. The number of rotatable bonds is 14. The number of benzene rings is 1. The highest BCUT2D eigenvalue weighted by atomic mass is 32.2. The van der Waals surface area contributed by atoms with Crippen LogP contribution in [0.15, 0.2) is 53.2 Å². The Morgan fingerprint density at radius 2 is 2.03 bits per heavy atom. The van der Waals surface area contributed by atoms with E-state index in [1.54, 1.807) is 14.2 Å². The maximum absolute atomic E-state index is 12.5. The van der Waals surface area contributed by atoms with Crippen LogP contribution in [0.5, 0.6) is 5.75 Å². The molecule has 0 aliphatic heterocycles. The molecule has 34 heavy (non-hydrogen) atoms. The standard InChI is InChI=1S/C25H32N4O4S/c1-32-16-8-15-29-23(13-14-24(31)26-17-20-11-6-7-12-22(20)33-2)27-28-25(29)34-18-21(30)19-9-4-3-5-10-19/h4,6-7,9-12H,3,5,8,13-18H2,1-2H3,(H,26,31). The first-order valence-corrected chi connectivity index (χ1v) is 12.4. The highest BCUT2D eigenvalue weighted by Gasteiger charge is 2.17. The second-order valence-electron chi connectivity index (χ2n) is 7.84. The average molecular weight is 485 g/mol. The summed E-state index contributed by atoms with van der Waals surface area (Å²) in [6, 6.07) is 7.61. The number of nitrogens with one attached hydrogen (secondary N) is 1. The third-order valence-corrected chi connectivity index (χ3v) is 6.38. The molecular weight excluding hydrogens is 452 g/mol. The summed E-state index contributed by atoms with van der Waals surface area (Å²) in [5.74, 6) is 1.80. The molecule has 1 aromatic heterocycles. The van der Waals surface area contributed by atoms with Gasteiger partial charge in [-0.05, 0) is 25.3 Å². The number of aromatic nitrogens is 3. The molecule has 1 aliphatic rings. The van der Waals surface area contributed by atoms with E-state index in [9.17, 15) is 9.59 Å². The number of Topliss-reactive ketones (excluding diaryl/α,β-unsaturated/α-hetero) is 1. The van der Waals surface area contributed by atoms with Crippen molar-refractivity contribution in [3.63, 3.8) is 0 Å². The number of carbonyl (C=O) groups excluding carboxylic acids is 2. The Bertz CT molecular complexity index is 1030. The van der Waals surface area contributed by atoms with Crippen molar-refractivity contribution in [3.8, 4) is 5.75 Å². The predicted octanol–water partition coefficient (Wildman–Crippen LogP) is 3.51. The maximum Gasteiger partial charge on any atom is 0.220 e. The van der Waals surface area contributed by atoms with Crippen molar-refractivity contribution in [1.82, 2.24) is 20.1 Å². The summed E-state index contributed by atoms with van der Waals surface area (Å²) in [6.07, 6.45) is 9.33. The van der Waals surface area contributed by atoms with Crippen LogP contribution in [0.2, 0.25) is 0 Å². The van der Waals surface area contributed by atoms with Crippen molar-refractivity contribution in [2.24, 2.45) is 0 Å². The molecule has 1 aromatic carbocycles. The number of carbonyl (C=O) groups is 2. The third-order valence-electron chi connectivity index (χ3n) is 5.42. The largest absolute Gasteiger partial charge is 0.496 e. The lowest BCUT2D eigenvalue weighted by atomic mass is 10.0. The Kier molecular flexibility index (Phi) is 10.4. The molecule has 0 saturated heterocycles. The number of aryl methyl sites for hydroxylation is 1. The van der Waals surface area contributed by atoms with Gasteiger partial charge in [-0.3, -0.25) is 9.59 Å². The van der Waals surface area contributed by atoms with Gasteiger partial charge < -0.3 is 19.4 Å². The Morgan fingerprint density at radius 3 is 2.79 bits per heavy atom. The van der Waals surface area contributed by atoms with Gasteiger partial charge in [0.25, 0.3) is 0 Å². The van der Waals surface area contributed by atoms with Crippen molar-refractivity contribution in [2.75, 3.05) is 26.6 Å². The van der Waals surface area contributed by atoms with E-state index < -0.39 is 0 Å². The molecule has 0 atom stereocenters. The first-order chi connectivity index (χ1) is 16.6. The van der Waals surface area contributed by atoms with Crippen LogP contribution in [0.25, 0.3) is 0 Å². The van der Waals surface area contributed by atoms with Crippen LogP contribution in [-0.2, 0) is 33.8 Å². The molecule has 1 N–H and O–H groups in total. The fraction of sp³-hybridized carbons (Fsp3) is 0.440. The van der Waals surface area contributed by atoms with Crippen molar-refractivity contribution in [1.29, 1.82) is 0 Å². The number of para-hydroxylation sites is 1. The lowest BCUT2D eigenvalue weighted by Crippen LogP contribution is -2.23. The number of ketones is 1. The zero-order valence-electron chi connectivity index (χ0n) is 19.8. The fourth-order valence-corrected chi connectivity index (χ4v) is 4.47. The molecule has 3 rings (SSSR count). The van der Waals surface area contributed by atoms with Crippen LogP contribution in [0.1, 0.15) is 37.1 Å². The average Bonchev–Trinajstić information content (AvgIpc) is 3.27. The summed E-state index contributed by atoms with van der Waals surface area (Å²) in [5, 5.41) is 12.2. The normalized spacial score (nSPS) is 12.9. The van der Waals surface area contributed by atoms with Gasteiger partial charge in [-0.15, -0.1) is 10.2 Å². The van der Waals surface area contributed by atoms with Gasteiger partial charge in [0.1, 0.15) is 11.6 Å². The molecule has 2 aromatic rings. The van der Waals surface area contributed by atoms with Gasteiger partial charge in [-0.2, -0.15) is 0 Å². The van der Waals surface area contributed by atoms with Gasteiger partial charge in [-0.25, -0.2) is 0 Å². The zero-order valence-corrected chi connectivity index (χ0v) is 20.6. The molecule has 0 fully saturated rings. The van der Waals surface area contributed by atoms with E-state index in [-0.39, 0.29) is 11.7 Å². The minimum atomic E-state index is -0.0715. The Morgan fingerprint density at radius 1 is 1.18 bits per heavy atom. The number of nitrogens with zero attached hydrogens (tertiary/aromatic N) is 3. The van der Waals surface area contributed by atoms with Gasteiger partial charge in [0.15, 0.2) is 10.9 Å². The van der Waals surface area contributed by atoms with Gasteiger partial charge in [0.05, 0.1) is 12.9 Å². The molecule has 0 radical (unpaired) electrons. The lowest BCUT2D eigenvalue weighted by molar-refractivity contribution is -0.121. The highest BCUT2D eigenvalue weighted by Crippen LogP contribution is 2.21. The van der Waals surface area contributed by atoms with Crippen LogP contribution in [0.3, 0.4) is 0 Å². The van der Waals surface area contributed by atoms with E-state index in [2.05, 4.69) is 15.5 Å². The first-order valence-electron chi connectivity index (χ1n) is 11.4. The van der Waals surface area contributed by atoms with Crippen LogP contribution in [-0.4, -0.2) is 53.0 Å². The van der Waals surface area contributed by atoms with E-state index in [0.29, 0.717) is 43.4 Å². The van der Waals surface area contributed by atoms with Gasteiger partial charge in [0.2, 0.25) is 5.91 Å². The summed E-state index contributed by atoms with van der Waals surface area (Å²) >= 11 is 1.38. The quantitative estimate of drug-likeness (QED) is 0.324. The van der Waals surface area contributed by atoms with Crippen molar-refractivity contribution in [2.45, 2.75) is 50.4 Å². The maximum atomic E-state index is 12.5. The van der Waals surface area contributed by atoms with Gasteiger partial charge >= 0.3 is 0 Å². The number of ether oxygens (including phenoxy) is 2. The number of thioether (sulfide) groups is 1. The highest BCUT2D eigenvalue weighted by molar-refractivity contribution is 7.99. The molecule has 8 nitrogen and oxygen atoms in total. The molecule has 1 aliphatic carbocycles. The van der Waals surface area contributed by atoms with Crippen LogP contribution in [0.4, 0.5) is 0 Å².